The number of hydrogen-bond acceptors (Lipinski definition) is 4. The van der Waals surface area contributed by atoms with Crippen LogP contribution in [0.2, 0.25) is 0 Å². The third kappa shape index (κ3) is 3.03. The maximum Gasteiger partial charge on any atom is 0.267 e. The molecule has 0 unspecified atom stereocenters. The molecule has 0 saturated heterocycles. The molecule has 0 aliphatic carbocycles. The predicted molar refractivity (Wildman–Crippen MR) is 65.9 cm³/mol. The van der Waals surface area contributed by atoms with Crippen LogP contribution in [0.3, 0.4) is 0 Å². The first-order chi connectivity index (χ1) is 8.29. The van der Waals surface area contributed by atoms with Gasteiger partial charge in [-0.2, -0.15) is 5.10 Å². The molecule has 1 N–H and O–H groups in total. The third-order valence-electron chi connectivity index (χ3n) is 2.04. The monoisotopic (exact) mass is 246 g/mol. The van der Waals surface area contributed by atoms with Crippen LogP contribution < -0.4 is 5.56 Å². The summed E-state index contributed by atoms with van der Waals surface area (Å²) in [4.78, 5) is 13.3. The van der Waals surface area contributed by atoms with Crippen molar-refractivity contribution in [2.45, 2.75) is 6.54 Å². The second-order valence-electron chi connectivity index (χ2n) is 3.25. The quantitative estimate of drug-likeness (QED) is 0.793. The zero-order chi connectivity index (χ0) is 12.1. The summed E-state index contributed by atoms with van der Waals surface area (Å²) in [5, 5.41) is 12.6. The highest BCUT2D eigenvalue weighted by Crippen LogP contribution is 2.15. The van der Waals surface area contributed by atoms with Crippen molar-refractivity contribution in [3.8, 4) is 11.8 Å². The Morgan fingerprint density at radius 1 is 1.41 bits per heavy atom. The second kappa shape index (κ2) is 5.43. The molecule has 5 heteroatoms. The molecular formula is C12H10N2O2S. The summed E-state index contributed by atoms with van der Waals surface area (Å²) in [7, 11) is 0. The molecule has 86 valence electrons. The van der Waals surface area contributed by atoms with E-state index in [1.165, 1.54) is 22.1 Å². The Labute approximate surface area is 102 Å². The number of rotatable bonds is 2. The van der Waals surface area contributed by atoms with Crippen LogP contribution in [-0.2, 0) is 6.54 Å². The minimum Gasteiger partial charge on any atom is -0.384 e. The molecule has 0 aliphatic heterocycles. The van der Waals surface area contributed by atoms with E-state index in [-0.39, 0.29) is 12.2 Å². The molecule has 0 radical (unpaired) electrons. The Morgan fingerprint density at radius 2 is 2.29 bits per heavy atom. The lowest BCUT2D eigenvalue weighted by Gasteiger charge is -1.99. The summed E-state index contributed by atoms with van der Waals surface area (Å²) >= 11 is 1.49. The van der Waals surface area contributed by atoms with Gasteiger partial charge in [0.1, 0.15) is 6.61 Å². The summed E-state index contributed by atoms with van der Waals surface area (Å²) in [5.41, 5.74) is -0.121. The summed E-state index contributed by atoms with van der Waals surface area (Å²) < 4.78 is 1.40. The van der Waals surface area contributed by atoms with Gasteiger partial charge in [-0.25, -0.2) is 4.68 Å². The molecule has 2 rings (SSSR count). The lowest BCUT2D eigenvalue weighted by molar-refractivity contribution is 0.350. The molecule has 2 aromatic heterocycles. The normalized spacial score (nSPS) is 9.71. The predicted octanol–water partition coefficient (Wildman–Crippen LogP) is 0.697. The largest absolute Gasteiger partial charge is 0.384 e. The van der Waals surface area contributed by atoms with Crippen molar-refractivity contribution < 1.29 is 5.11 Å². The van der Waals surface area contributed by atoms with Gasteiger partial charge in [0.25, 0.3) is 5.56 Å². The van der Waals surface area contributed by atoms with Crippen molar-refractivity contribution in [3.05, 3.63) is 50.6 Å². The summed E-state index contributed by atoms with van der Waals surface area (Å²) in [6.45, 7) is 0.304. The molecule has 0 aliphatic rings. The second-order valence-corrected chi connectivity index (χ2v) is 4.41. The van der Waals surface area contributed by atoms with E-state index in [1.807, 2.05) is 12.1 Å². The highest BCUT2D eigenvalue weighted by molar-refractivity contribution is 7.12. The molecule has 0 bridgehead atoms. The van der Waals surface area contributed by atoms with Gasteiger partial charge >= 0.3 is 0 Å². The van der Waals surface area contributed by atoms with Crippen LogP contribution >= 0.6 is 11.3 Å². The lowest BCUT2D eigenvalue weighted by atomic mass is 10.4. The number of aromatic nitrogens is 2. The minimum atomic E-state index is -0.146. The minimum absolute atomic E-state index is 0.121. The van der Waals surface area contributed by atoms with Gasteiger partial charge in [0.05, 0.1) is 11.4 Å². The van der Waals surface area contributed by atoms with Gasteiger partial charge < -0.3 is 5.11 Å². The maximum atomic E-state index is 11.4. The Hall–Kier alpha value is -1.90. The molecule has 0 spiro atoms. The standard InChI is InChI=1S/C12H10N2O2S/c15-8-2-3-10-5-6-11(17-10)9-14-12(16)4-1-7-13-14/h1,4-7,15H,8-9H2. The van der Waals surface area contributed by atoms with Crippen LogP contribution in [0.25, 0.3) is 0 Å². The van der Waals surface area contributed by atoms with Gasteiger partial charge in [0, 0.05) is 17.1 Å². The molecule has 4 nitrogen and oxygen atoms in total. The molecule has 2 heterocycles. The first-order valence-corrected chi connectivity index (χ1v) is 5.82. The van der Waals surface area contributed by atoms with E-state index in [2.05, 4.69) is 16.9 Å². The zero-order valence-corrected chi connectivity index (χ0v) is 9.78. The van der Waals surface area contributed by atoms with Gasteiger partial charge in [-0.1, -0.05) is 11.8 Å². The van der Waals surface area contributed by atoms with E-state index < -0.39 is 0 Å². The van der Waals surface area contributed by atoms with Crippen molar-refractivity contribution >= 4 is 11.3 Å². The van der Waals surface area contributed by atoms with Crippen LogP contribution in [0.4, 0.5) is 0 Å². The van der Waals surface area contributed by atoms with Crippen LogP contribution in [0.5, 0.6) is 0 Å². The van der Waals surface area contributed by atoms with E-state index in [9.17, 15) is 4.79 Å². The zero-order valence-electron chi connectivity index (χ0n) is 8.96. The number of aliphatic hydroxyl groups is 1. The van der Waals surface area contributed by atoms with Gasteiger partial charge in [0.15, 0.2) is 0 Å². The molecule has 0 aromatic carbocycles. The molecule has 0 fully saturated rings. The fourth-order valence-corrected chi connectivity index (χ4v) is 2.17. The van der Waals surface area contributed by atoms with Crippen molar-refractivity contribution in [1.82, 2.24) is 9.78 Å². The highest BCUT2D eigenvalue weighted by Gasteiger charge is 2.01. The average Bonchev–Trinajstić information content (AvgIpc) is 2.77. The van der Waals surface area contributed by atoms with Crippen LogP contribution in [-0.4, -0.2) is 21.5 Å². The van der Waals surface area contributed by atoms with Gasteiger partial charge in [-0.15, -0.1) is 11.3 Å². The molecule has 17 heavy (non-hydrogen) atoms. The Bertz CT molecular complexity index is 619. The maximum absolute atomic E-state index is 11.4. The Morgan fingerprint density at radius 3 is 3.06 bits per heavy atom. The number of aliphatic hydroxyl groups excluding tert-OH is 1. The molecule has 2 aromatic rings. The van der Waals surface area contributed by atoms with Gasteiger partial charge in [-0.05, 0) is 18.2 Å². The van der Waals surface area contributed by atoms with E-state index in [1.54, 1.807) is 12.3 Å². The molecular weight excluding hydrogens is 236 g/mol. The summed E-state index contributed by atoms with van der Waals surface area (Å²) in [5.74, 6) is 5.41. The fraction of sp³-hybridized carbons (Fsp3) is 0.167. The van der Waals surface area contributed by atoms with Crippen LogP contribution in [0.1, 0.15) is 9.75 Å². The van der Waals surface area contributed by atoms with Crippen molar-refractivity contribution in [2.75, 3.05) is 6.61 Å². The third-order valence-corrected chi connectivity index (χ3v) is 3.03. The van der Waals surface area contributed by atoms with Crippen molar-refractivity contribution in [1.29, 1.82) is 0 Å². The van der Waals surface area contributed by atoms with Crippen molar-refractivity contribution in [3.63, 3.8) is 0 Å². The molecule has 0 atom stereocenters. The van der Waals surface area contributed by atoms with E-state index >= 15 is 0 Å². The number of hydrogen-bond donors (Lipinski definition) is 1. The molecule has 0 saturated carbocycles. The van der Waals surface area contributed by atoms with E-state index in [4.69, 9.17) is 5.11 Å². The number of thiophene rings is 1. The molecule has 0 amide bonds. The SMILES string of the molecule is O=c1cccnn1Cc1ccc(C#CCO)s1. The fourth-order valence-electron chi connectivity index (χ4n) is 1.31. The number of nitrogens with zero attached hydrogens (tertiary/aromatic N) is 2. The smallest absolute Gasteiger partial charge is 0.267 e. The van der Waals surface area contributed by atoms with Gasteiger partial charge in [-0.3, -0.25) is 4.79 Å². The topological polar surface area (TPSA) is 55.1 Å². The first-order valence-electron chi connectivity index (χ1n) is 5.00. The summed E-state index contributed by atoms with van der Waals surface area (Å²) in [6, 6.07) is 6.88. The Kier molecular flexibility index (Phi) is 3.70. The highest BCUT2D eigenvalue weighted by atomic mass is 32.1. The lowest BCUT2D eigenvalue weighted by Crippen LogP contribution is -2.21. The average molecular weight is 246 g/mol. The first kappa shape index (κ1) is 11.6. The van der Waals surface area contributed by atoms with Crippen molar-refractivity contribution in [2.24, 2.45) is 0 Å². The van der Waals surface area contributed by atoms with E-state index in [0.29, 0.717) is 6.54 Å². The summed E-state index contributed by atoms with van der Waals surface area (Å²) in [6.07, 6.45) is 1.58. The van der Waals surface area contributed by atoms with Gasteiger partial charge in [0.2, 0.25) is 0 Å². The van der Waals surface area contributed by atoms with Crippen LogP contribution in [0, 0.1) is 11.8 Å². The van der Waals surface area contributed by atoms with Crippen LogP contribution in [0.15, 0.2) is 35.3 Å². The van der Waals surface area contributed by atoms with E-state index in [0.717, 1.165) is 9.75 Å². The Balaban J connectivity index is 2.17.